The number of rotatable bonds is 4. The highest BCUT2D eigenvalue weighted by Crippen LogP contribution is 2.38. The first-order valence-corrected chi connectivity index (χ1v) is 7.97. The molecule has 0 aromatic heterocycles. The van der Waals surface area contributed by atoms with E-state index in [0.717, 1.165) is 36.6 Å². The Labute approximate surface area is 153 Å². The summed E-state index contributed by atoms with van der Waals surface area (Å²) in [6, 6.07) is 8.58. The molecule has 2 fully saturated rings. The van der Waals surface area contributed by atoms with Gasteiger partial charge in [0.25, 0.3) is 0 Å². The standard InChI is InChI=1S/C16H22ClN3O.HI/c17-14-4-2-1-3-13(14)16(7-9-21-10-8-16)11-19-15(18)20-12-5-6-12;/h1-4,12H,5-11H2,(H3,18,19,20);1H. The normalized spacial score (nSPS) is 21.0. The van der Waals surface area contributed by atoms with E-state index in [1.54, 1.807) is 0 Å². The van der Waals surface area contributed by atoms with Crippen molar-refractivity contribution in [1.29, 1.82) is 0 Å². The molecule has 3 rings (SSSR count). The van der Waals surface area contributed by atoms with Gasteiger partial charge in [-0.2, -0.15) is 0 Å². The number of ether oxygens (including phenoxy) is 1. The van der Waals surface area contributed by atoms with Crippen LogP contribution < -0.4 is 11.1 Å². The quantitative estimate of drug-likeness (QED) is 0.434. The molecule has 1 saturated heterocycles. The van der Waals surface area contributed by atoms with Crippen molar-refractivity contribution in [2.24, 2.45) is 10.7 Å². The molecular formula is C16H23ClIN3O. The van der Waals surface area contributed by atoms with E-state index >= 15 is 0 Å². The molecule has 1 aliphatic carbocycles. The summed E-state index contributed by atoms with van der Waals surface area (Å²) in [5.74, 6) is 0.551. The average molecular weight is 436 g/mol. The first-order chi connectivity index (χ1) is 10.2. The second kappa shape index (κ2) is 7.84. The minimum Gasteiger partial charge on any atom is -0.381 e. The smallest absolute Gasteiger partial charge is 0.188 e. The Balaban J connectivity index is 0.00000176. The maximum absolute atomic E-state index is 6.42. The molecule has 6 heteroatoms. The molecule has 22 heavy (non-hydrogen) atoms. The Morgan fingerprint density at radius 2 is 2.00 bits per heavy atom. The number of hydrogen-bond acceptors (Lipinski definition) is 2. The minimum absolute atomic E-state index is 0. The highest BCUT2D eigenvalue weighted by molar-refractivity contribution is 14.0. The van der Waals surface area contributed by atoms with E-state index in [2.05, 4.69) is 16.4 Å². The number of halogens is 2. The lowest BCUT2D eigenvalue weighted by Crippen LogP contribution is -2.40. The second-order valence-corrected chi connectivity index (χ2v) is 6.40. The Bertz CT molecular complexity index is 528. The first-order valence-electron chi connectivity index (χ1n) is 7.59. The van der Waals surface area contributed by atoms with Gasteiger partial charge in [0.05, 0.1) is 6.54 Å². The highest BCUT2D eigenvalue weighted by Gasteiger charge is 2.36. The van der Waals surface area contributed by atoms with Gasteiger partial charge in [-0.25, -0.2) is 0 Å². The van der Waals surface area contributed by atoms with Crippen molar-refractivity contribution >= 4 is 41.5 Å². The van der Waals surface area contributed by atoms with Crippen LogP contribution in [0, 0.1) is 0 Å². The van der Waals surface area contributed by atoms with Crippen molar-refractivity contribution in [3.8, 4) is 0 Å². The predicted octanol–water partition coefficient (Wildman–Crippen LogP) is 3.07. The van der Waals surface area contributed by atoms with Crippen LogP contribution >= 0.6 is 35.6 Å². The largest absolute Gasteiger partial charge is 0.381 e. The summed E-state index contributed by atoms with van der Waals surface area (Å²) in [5, 5.41) is 4.05. The summed E-state index contributed by atoms with van der Waals surface area (Å²) in [6.07, 6.45) is 4.24. The van der Waals surface area contributed by atoms with Crippen LogP contribution in [0.3, 0.4) is 0 Å². The Morgan fingerprint density at radius 3 is 2.64 bits per heavy atom. The third-order valence-corrected chi connectivity index (χ3v) is 4.71. The zero-order chi connectivity index (χ0) is 14.7. The molecule has 1 aliphatic heterocycles. The van der Waals surface area contributed by atoms with E-state index in [4.69, 9.17) is 22.1 Å². The topological polar surface area (TPSA) is 59.6 Å². The molecule has 122 valence electrons. The summed E-state index contributed by atoms with van der Waals surface area (Å²) in [6.45, 7) is 2.15. The molecule has 0 amide bonds. The number of nitrogens with zero attached hydrogens (tertiary/aromatic N) is 1. The first kappa shape index (κ1) is 17.8. The molecule has 0 radical (unpaired) electrons. The van der Waals surface area contributed by atoms with Gasteiger partial charge in [0.1, 0.15) is 0 Å². The van der Waals surface area contributed by atoms with Crippen LogP contribution in [-0.4, -0.2) is 31.8 Å². The van der Waals surface area contributed by atoms with Crippen LogP contribution in [0.25, 0.3) is 0 Å². The zero-order valence-electron chi connectivity index (χ0n) is 12.6. The molecule has 0 spiro atoms. The molecule has 1 aromatic rings. The van der Waals surface area contributed by atoms with Crippen LogP contribution in [0.5, 0.6) is 0 Å². The third-order valence-electron chi connectivity index (χ3n) is 4.38. The van der Waals surface area contributed by atoms with Gasteiger partial charge in [-0.05, 0) is 37.3 Å². The lowest BCUT2D eigenvalue weighted by molar-refractivity contribution is 0.0531. The van der Waals surface area contributed by atoms with Crippen molar-refractivity contribution in [2.75, 3.05) is 19.8 Å². The Morgan fingerprint density at radius 1 is 1.32 bits per heavy atom. The van der Waals surface area contributed by atoms with Crippen LogP contribution in [0.15, 0.2) is 29.3 Å². The van der Waals surface area contributed by atoms with E-state index < -0.39 is 0 Å². The van der Waals surface area contributed by atoms with Gasteiger partial charge in [-0.1, -0.05) is 29.8 Å². The van der Waals surface area contributed by atoms with Gasteiger partial charge in [0.2, 0.25) is 0 Å². The molecule has 3 N–H and O–H groups in total. The number of guanidine groups is 1. The summed E-state index contributed by atoms with van der Waals surface area (Å²) in [5.41, 5.74) is 7.08. The number of nitrogens with two attached hydrogens (primary N) is 1. The Kier molecular flexibility index (Phi) is 6.35. The number of benzene rings is 1. The molecule has 0 bridgehead atoms. The summed E-state index contributed by atoms with van der Waals surface area (Å²) in [7, 11) is 0. The monoisotopic (exact) mass is 435 g/mol. The van der Waals surface area contributed by atoms with Crippen LogP contribution in [0.4, 0.5) is 0 Å². The van der Waals surface area contributed by atoms with Crippen LogP contribution in [0.2, 0.25) is 5.02 Å². The number of nitrogens with one attached hydrogen (secondary N) is 1. The summed E-state index contributed by atoms with van der Waals surface area (Å²) < 4.78 is 5.53. The molecule has 0 unspecified atom stereocenters. The van der Waals surface area contributed by atoms with Gasteiger partial charge in [-0.15, -0.1) is 24.0 Å². The van der Waals surface area contributed by atoms with E-state index in [9.17, 15) is 0 Å². The Hall–Kier alpha value is -0.530. The molecule has 1 aromatic carbocycles. The van der Waals surface area contributed by atoms with Crippen LogP contribution in [0.1, 0.15) is 31.2 Å². The third kappa shape index (κ3) is 4.26. The van der Waals surface area contributed by atoms with E-state index in [1.807, 2.05) is 18.2 Å². The van der Waals surface area contributed by atoms with Gasteiger partial charge >= 0.3 is 0 Å². The maximum Gasteiger partial charge on any atom is 0.188 e. The zero-order valence-corrected chi connectivity index (χ0v) is 15.6. The molecule has 1 heterocycles. The summed E-state index contributed by atoms with van der Waals surface area (Å²) >= 11 is 6.42. The lowest BCUT2D eigenvalue weighted by atomic mass is 9.74. The van der Waals surface area contributed by atoms with Gasteiger partial charge < -0.3 is 15.8 Å². The molecule has 4 nitrogen and oxygen atoms in total. The maximum atomic E-state index is 6.42. The average Bonchev–Trinajstić information content (AvgIpc) is 3.31. The fraction of sp³-hybridized carbons (Fsp3) is 0.562. The van der Waals surface area contributed by atoms with Crippen molar-refractivity contribution in [2.45, 2.75) is 37.1 Å². The van der Waals surface area contributed by atoms with Gasteiger partial charge in [0.15, 0.2) is 5.96 Å². The lowest BCUT2D eigenvalue weighted by Gasteiger charge is -2.37. The van der Waals surface area contributed by atoms with Gasteiger partial charge in [0, 0.05) is 29.7 Å². The fourth-order valence-electron chi connectivity index (χ4n) is 2.89. The van der Waals surface area contributed by atoms with Gasteiger partial charge in [-0.3, -0.25) is 4.99 Å². The molecule has 0 atom stereocenters. The van der Waals surface area contributed by atoms with E-state index in [1.165, 1.54) is 12.8 Å². The van der Waals surface area contributed by atoms with E-state index in [-0.39, 0.29) is 29.4 Å². The minimum atomic E-state index is -0.0631. The van der Waals surface area contributed by atoms with Crippen molar-refractivity contribution in [3.63, 3.8) is 0 Å². The molecular weight excluding hydrogens is 413 g/mol. The number of hydrogen-bond donors (Lipinski definition) is 2. The highest BCUT2D eigenvalue weighted by atomic mass is 127. The molecule has 2 aliphatic rings. The predicted molar refractivity (Wildman–Crippen MR) is 101 cm³/mol. The SMILES string of the molecule is I.NC(=NCC1(c2ccccc2Cl)CCOCC1)NC1CC1. The second-order valence-electron chi connectivity index (χ2n) is 5.99. The number of aliphatic imine (C=N–C) groups is 1. The van der Waals surface area contributed by atoms with Crippen molar-refractivity contribution < 1.29 is 4.74 Å². The van der Waals surface area contributed by atoms with Crippen LogP contribution in [-0.2, 0) is 10.2 Å². The fourth-order valence-corrected chi connectivity index (χ4v) is 3.22. The van der Waals surface area contributed by atoms with Crippen molar-refractivity contribution in [1.82, 2.24) is 5.32 Å². The summed E-state index contributed by atoms with van der Waals surface area (Å²) in [4.78, 5) is 4.59. The van der Waals surface area contributed by atoms with E-state index in [0.29, 0.717) is 18.5 Å². The molecule has 1 saturated carbocycles. The van der Waals surface area contributed by atoms with Crippen molar-refractivity contribution in [3.05, 3.63) is 34.9 Å².